The van der Waals surface area contributed by atoms with Gasteiger partial charge in [-0.15, -0.1) is 0 Å². The fourth-order valence-corrected chi connectivity index (χ4v) is 13.7. The van der Waals surface area contributed by atoms with Gasteiger partial charge in [-0.1, -0.05) is 174 Å². The monoisotopic (exact) mass is 960 g/mol. The number of anilines is 6. The fourth-order valence-electron chi connectivity index (χ4n) is 13.7. The third-order valence-corrected chi connectivity index (χ3v) is 17.6. The quantitative estimate of drug-likeness (QED) is 0.172. The molecule has 0 fully saturated rings. The molecule has 7 aromatic carbocycles. The van der Waals surface area contributed by atoms with Gasteiger partial charge in [0.05, 0.1) is 5.69 Å². The van der Waals surface area contributed by atoms with Crippen molar-refractivity contribution in [1.29, 1.82) is 0 Å². The van der Waals surface area contributed by atoms with Gasteiger partial charge >= 0.3 is 0 Å². The second kappa shape index (κ2) is 17.1. The van der Waals surface area contributed by atoms with E-state index in [0.29, 0.717) is 0 Å². The molecule has 0 saturated carbocycles. The van der Waals surface area contributed by atoms with Crippen molar-refractivity contribution in [3.05, 3.63) is 255 Å². The molecule has 0 saturated heterocycles. The number of rotatable bonds is 7. The Balaban J connectivity index is 1.05. The Morgan fingerprint density at radius 3 is 1.86 bits per heavy atom. The first-order valence-electron chi connectivity index (χ1n) is 26.9. The predicted molar refractivity (Wildman–Crippen MR) is 317 cm³/mol. The number of benzene rings is 7. The minimum atomic E-state index is -0.411. The van der Waals surface area contributed by atoms with Gasteiger partial charge in [0, 0.05) is 67.5 Å². The van der Waals surface area contributed by atoms with Gasteiger partial charge in [-0.05, 0) is 178 Å². The molecule has 4 bridgehead atoms. The molecule has 5 aliphatic carbocycles. The van der Waals surface area contributed by atoms with Crippen LogP contribution in [0.2, 0.25) is 0 Å². The number of fused-ring (bicyclic) bond motifs is 6. The van der Waals surface area contributed by atoms with Gasteiger partial charge in [-0.3, -0.25) is 0 Å². The summed E-state index contributed by atoms with van der Waals surface area (Å²) in [7, 11) is 0. The first-order valence-corrected chi connectivity index (χ1v) is 26.9. The smallest absolute Gasteiger partial charge is 0.0540 e. The molecule has 1 heterocycles. The van der Waals surface area contributed by atoms with E-state index in [4.69, 9.17) is 0 Å². The van der Waals surface area contributed by atoms with E-state index >= 15 is 0 Å². The topological polar surface area (TPSA) is 18.5 Å². The van der Waals surface area contributed by atoms with E-state index < -0.39 is 5.41 Å². The second-order valence-corrected chi connectivity index (χ2v) is 22.8. The summed E-state index contributed by atoms with van der Waals surface area (Å²) in [6, 6.07) is 50.8. The predicted octanol–water partition coefficient (Wildman–Crippen LogP) is 19.3. The van der Waals surface area contributed by atoms with Gasteiger partial charge in [0.25, 0.3) is 0 Å². The lowest BCUT2D eigenvalue weighted by molar-refractivity contribution is 0.607. The Labute approximate surface area is 438 Å². The largest absolute Gasteiger partial charge is 0.361 e. The van der Waals surface area contributed by atoms with Gasteiger partial charge in [0.1, 0.15) is 0 Å². The van der Waals surface area contributed by atoms with Crippen molar-refractivity contribution in [2.75, 3.05) is 15.1 Å². The molecule has 3 nitrogen and oxygen atoms in total. The van der Waals surface area contributed by atoms with E-state index in [-0.39, 0.29) is 10.8 Å². The molecule has 0 unspecified atom stereocenters. The Morgan fingerprint density at radius 1 is 0.527 bits per heavy atom. The van der Waals surface area contributed by atoms with Crippen molar-refractivity contribution in [2.24, 2.45) is 0 Å². The maximum absolute atomic E-state index is 3.91. The number of nitrogens with zero attached hydrogens (tertiary/aromatic N) is 2. The number of hydrogen-bond acceptors (Lipinski definition) is 3. The average molecular weight is 960 g/mol. The van der Waals surface area contributed by atoms with Crippen LogP contribution in [0.3, 0.4) is 0 Å². The van der Waals surface area contributed by atoms with Crippen molar-refractivity contribution < 1.29 is 0 Å². The van der Waals surface area contributed by atoms with Crippen LogP contribution in [0.1, 0.15) is 130 Å². The fraction of sp³-hybridized carbons (Fsp3) is 0.211. The Kier molecular flexibility index (Phi) is 10.6. The minimum Gasteiger partial charge on any atom is -0.361 e. The van der Waals surface area contributed by atoms with Crippen molar-refractivity contribution >= 4 is 73.8 Å². The molecule has 6 aliphatic rings. The zero-order valence-corrected chi connectivity index (χ0v) is 44.2. The Morgan fingerprint density at radius 2 is 1.15 bits per heavy atom. The van der Waals surface area contributed by atoms with E-state index in [9.17, 15) is 0 Å². The highest BCUT2D eigenvalue weighted by Crippen LogP contribution is 2.55. The summed E-state index contributed by atoms with van der Waals surface area (Å²) < 4.78 is 0. The lowest BCUT2D eigenvalue weighted by atomic mass is 9.74. The molecule has 0 aromatic heterocycles. The zero-order chi connectivity index (χ0) is 50.7. The second-order valence-electron chi connectivity index (χ2n) is 22.8. The van der Waals surface area contributed by atoms with Crippen LogP contribution in [0, 0.1) is 6.92 Å². The highest BCUT2D eigenvalue weighted by atomic mass is 15.2. The first kappa shape index (κ1) is 45.9. The molecule has 0 amide bonds. The summed E-state index contributed by atoms with van der Waals surface area (Å²) in [5.41, 5.74) is 27.4. The Bertz CT molecular complexity index is 3810. The first-order chi connectivity index (χ1) is 35.8. The minimum absolute atomic E-state index is 0.0753. The van der Waals surface area contributed by atoms with Crippen LogP contribution < -0.4 is 15.1 Å². The van der Waals surface area contributed by atoms with Crippen LogP contribution >= 0.6 is 0 Å². The van der Waals surface area contributed by atoms with Crippen LogP contribution in [-0.2, 0) is 16.2 Å². The SMILES string of the molecule is C/C=C\c1cccc(N(c2ccc3c(c2)C(C)(C)C2=C3C=CCC2)c2cc3c4c(c2)C(C)(C)c2ccccc2N/C=C\3C=C(N(c2ccc3c(c2)C(C)(C)C2=C3C=CCC2)c2cccc3ccccc23)C=C4)c1C. The van der Waals surface area contributed by atoms with Crippen LogP contribution in [0.15, 0.2) is 199 Å². The maximum atomic E-state index is 3.91. The van der Waals surface area contributed by atoms with Gasteiger partial charge in [-0.2, -0.15) is 0 Å². The molecule has 1 aliphatic heterocycles. The van der Waals surface area contributed by atoms with Crippen LogP contribution in [0.4, 0.5) is 34.1 Å². The molecule has 13 rings (SSSR count). The van der Waals surface area contributed by atoms with Gasteiger partial charge < -0.3 is 15.1 Å². The average Bonchev–Trinajstić information content (AvgIpc) is 3.69. The molecular weight excluding hydrogens is 895 g/mol. The molecule has 364 valence electrons. The molecule has 0 atom stereocenters. The summed E-state index contributed by atoms with van der Waals surface area (Å²) in [5, 5.41) is 6.34. The number of hydrogen-bond donors (Lipinski definition) is 1. The summed E-state index contributed by atoms with van der Waals surface area (Å²) >= 11 is 0. The third kappa shape index (κ3) is 6.99. The van der Waals surface area contributed by atoms with Crippen molar-refractivity contribution in [3.8, 4) is 0 Å². The lowest BCUT2D eigenvalue weighted by Crippen LogP contribution is -2.23. The molecule has 0 spiro atoms. The lowest BCUT2D eigenvalue weighted by Gasteiger charge is -2.34. The van der Waals surface area contributed by atoms with Gasteiger partial charge in [0.2, 0.25) is 0 Å². The summed E-state index contributed by atoms with van der Waals surface area (Å²) in [6.07, 6.45) is 27.7. The van der Waals surface area contributed by atoms with Gasteiger partial charge in [0.15, 0.2) is 0 Å². The van der Waals surface area contributed by atoms with Crippen LogP contribution in [0.5, 0.6) is 0 Å². The molecule has 0 radical (unpaired) electrons. The van der Waals surface area contributed by atoms with Crippen LogP contribution in [0.25, 0.3) is 39.6 Å². The number of allylic oxidation sites excluding steroid dienone is 12. The molecule has 74 heavy (non-hydrogen) atoms. The van der Waals surface area contributed by atoms with E-state index in [0.717, 1.165) is 65.4 Å². The van der Waals surface area contributed by atoms with E-state index in [2.05, 4.69) is 265 Å². The normalized spacial score (nSPS) is 18.8. The molecular formula is C71H65N3. The van der Waals surface area contributed by atoms with Crippen molar-refractivity contribution in [3.63, 3.8) is 0 Å². The molecule has 3 heteroatoms. The van der Waals surface area contributed by atoms with Crippen LogP contribution in [-0.4, -0.2) is 0 Å². The summed E-state index contributed by atoms with van der Waals surface area (Å²) in [4.78, 5) is 5.07. The van der Waals surface area contributed by atoms with E-state index in [1.54, 1.807) is 11.1 Å². The highest BCUT2D eigenvalue weighted by molar-refractivity contribution is 6.00. The van der Waals surface area contributed by atoms with Crippen molar-refractivity contribution in [1.82, 2.24) is 0 Å². The maximum Gasteiger partial charge on any atom is 0.0540 e. The van der Waals surface area contributed by atoms with Crippen molar-refractivity contribution in [2.45, 2.75) is 97.3 Å². The molecule has 1 N–H and O–H groups in total. The van der Waals surface area contributed by atoms with E-state index in [1.165, 1.54) is 83.2 Å². The van der Waals surface area contributed by atoms with Gasteiger partial charge in [-0.25, -0.2) is 0 Å². The zero-order valence-electron chi connectivity index (χ0n) is 44.2. The van der Waals surface area contributed by atoms with E-state index in [1.807, 2.05) is 0 Å². The molecule has 7 aromatic rings. The number of para-hydroxylation sites is 1. The highest BCUT2D eigenvalue weighted by Gasteiger charge is 2.40. The summed E-state index contributed by atoms with van der Waals surface area (Å²) in [5.74, 6) is 0. The number of nitrogens with one attached hydrogen (secondary N) is 1. The standard InChI is InChI=1S/C71H65N3/c1-9-20-46-22-18-31-67(45(46)2)74(51-35-37-57-55-26-13-15-28-61(55)70(5,6)64(57)42-51)52-40-59-48-39-49(33-38-58(59)65(43-52)71(7,8)62-29-16-17-30-66(62)72-44-48)73(68-32-19-23-47-21-10-11-24-53(47)68)50-34-36-56-54-25-12-14-27-60(54)69(3,4)63(56)41-50/h9-13,16-26,29-44,72H,14-15,27-28H2,1-8H3/b20-9-,48-44-. The summed E-state index contributed by atoms with van der Waals surface area (Å²) in [6.45, 7) is 18.9. The third-order valence-electron chi connectivity index (χ3n) is 17.6. The Hall–Kier alpha value is -7.88.